The van der Waals surface area contributed by atoms with E-state index in [1.165, 1.54) is 11.8 Å². The Hall–Kier alpha value is -0.620. The number of hydrogen-bond donors (Lipinski definition) is 1. The normalized spacial score (nSPS) is 10.0. The fourth-order valence-corrected chi connectivity index (χ4v) is 1.85. The van der Waals surface area contributed by atoms with E-state index < -0.39 is 5.97 Å². The summed E-state index contributed by atoms with van der Waals surface area (Å²) in [4.78, 5) is 18.3. The minimum atomic E-state index is -0.854. The van der Waals surface area contributed by atoms with Gasteiger partial charge < -0.3 is 5.11 Å². The number of carbonyl (C=O) groups is 1. The lowest BCUT2D eigenvalue weighted by Crippen LogP contribution is -1.99. The van der Waals surface area contributed by atoms with Crippen LogP contribution in [0.1, 0.15) is 5.82 Å². The Kier molecular flexibility index (Phi) is 3.68. The Morgan fingerprint density at radius 3 is 3.08 bits per heavy atom. The lowest BCUT2D eigenvalue weighted by atomic mass is 10.6. The molecule has 1 heterocycles. The molecule has 0 aliphatic carbocycles. The zero-order chi connectivity index (χ0) is 9.84. The van der Waals surface area contributed by atoms with Crippen LogP contribution in [0.3, 0.4) is 0 Å². The van der Waals surface area contributed by atoms with Gasteiger partial charge in [-0.05, 0) is 22.9 Å². The molecule has 70 valence electrons. The molecule has 0 bridgehead atoms. The maximum Gasteiger partial charge on any atom is 0.313 e. The summed E-state index contributed by atoms with van der Waals surface area (Å²) >= 11 is 4.41. The molecular weight excluding hydrogens is 256 g/mol. The number of nitrogens with zero attached hydrogens (tertiary/aromatic N) is 2. The predicted molar refractivity (Wildman–Crippen MR) is 52.8 cm³/mol. The summed E-state index contributed by atoms with van der Waals surface area (Å²) in [5.74, 6) is -0.209. The number of thioether (sulfide) groups is 1. The van der Waals surface area contributed by atoms with Crippen LogP contribution in [-0.4, -0.2) is 26.8 Å². The van der Waals surface area contributed by atoms with Crippen molar-refractivity contribution in [2.24, 2.45) is 0 Å². The number of aromatic nitrogens is 2. The molecule has 0 aliphatic rings. The van der Waals surface area contributed by atoms with Crippen molar-refractivity contribution in [1.82, 2.24) is 9.97 Å². The molecule has 0 radical (unpaired) electrons. The predicted octanol–water partition coefficient (Wildman–Crippen LogP) is 1.72. The Balaban J connectivity index is 2.75. The molecule has 1 aromatic rings. The van der Waals surface area contributed by atoms with E-state index in [1.54, 1.807) is 13.1 Å². The second kappa shape index (κ2) is 4.57. The Morgan fingerprint density at radius 2 is 2.46 bits per heavy atom. The SMILES string of the molecule is Cc1ncc(Br)c(SCC(=O)O)n1. The number of carboxylic acid groups (broad SMARTS) is 1. The summed E-state index contributed by atoms with van der Waals surface area (Å²) in [6.07, 6.45) is 1.62. The molecule has 1 N–H and O–H groups in total. The van der Waals surface area contributed by atoms with Crippen molar-refractivity contribution < 1.29 is 9.90 Å². The Morgan fingerprint density at radius 1 is 1.77 bits per heavy atom. The molecule has 6 heteroatoms. The molecule has 0 amide bonds. The minimum absolute atomic E-state index is 0.00898. The van der Waals surface area contributed by atoms with Gasteiger partial charge >= 0.3 is 5.97 Å². The van der Waals surface area contributed by atoms with E-state index in [4.69, 9.17) is 5.11 Å². The molecule has 0 aromatic carbocycles. The van der Waals surface area contributed by atoms with Crippen LogP contribution in [0, 0.1) is 6.92 Å². The van der Waals surface area contributed by atoms with E-state index in [0.717, 1.165) is 4.47 Å². The molecule has 0 unspecified atom stereocenters. The van der Waals surface area contributed by atoms with Crippen molar-refractivity contribution in [1.29, 1.82) is 0 Å². The van der Waals surface area contributed by atoms with Gasteiger partial charge in [0.15, 0.2) is 0 Å². The number of halogens is 1. The monoisotopic (exact) mass is 262 g/mol. The van der Waals surface area contributed by atoms with E-state index in [1.807, 2.05) is 0 Å². The standard InChI is InChI=1S/C7H7BrN2O2S/c1-4-9-2-5(8)7(10-4)13-3-6(11)12/h2H,3H2,1H3,(H,11,12). The molecular formula is C7H7BrN2O2S. The fraction of sp³-hybridized carbons (Fsp3) is 0.286. The van der Waals surface area contributed by atoms with Crippen LogP contribution in [0.15, 0.2) is 15.7 Å². The first-order valence-corrected chi connectivity index (χ1v) is 5.21. The highest BCUT2D eigenvalue weighted by atomic mass is 79.9. The molecule has 0 fully saturated rings. The molecule has 13 heavy (non-hydrogen) atoms. The maximum absolute atomic E-state index is 10.3. The lowest BCUT2D eigenvalue weighted by Gasteiger charge is -2.00. The second-order valence-corrected chi connectivity index (χ2v) is 4.07. The van der Waals surface area contributed by atoms with Gasteiger partial charge in [0.2, 0.25) is 0 Å². The van der Waals surface area contributed by atoms with Crippen molar-refractivity contribution in [3.8, 4) is 0 Å². The number of hydrogen-bond acceptors (Lipinski definition) is 4. The van der Waals surface area contributed by atoms with Crippen LogP contribution in [0.5, 0.6) is 0 Å². The topological polar surface area (TPSA) is 63.1 Å². The summed E-state index contributed by atoms with van der Waals surface area (Å²) in [6, 6.07) is 0. The van der Waals surface area contributed by atoms with Gasteiger partial charge in [0.1, 0.15) is 10.9 Å². The first-order valence-electron chi connectivity index (χ1n) is 3.43. The number of aliphatic carboxylic acids is 1. The van der Waals surface area contributed by atoms with Crippen molar-refractivity contribution >= 4 is 33.7 Å². The van der Waals surface area contributed by atoms with Gasteiger partial charge in [-0.3, -0.25) is 4.79 Å². The van der Waals surface area contributed by atoms with Crippen LogP contribution in [0.25, 0.3) is 0 Å². The number of carboxylic acids is 1. The van der Waals surface area contributed by atoms with Crippen molar-refractivity contribution in [2.45, 2.75) is 11.9 Å². The Bertz CT molecular complexity index is 332. The van der Waals surface area contributed by atoms with E-state index in [2.05, 4.69) is 25.9 Å². The van der Waals surface area contributed by atoms with Crippen LogP contribution in [-0.2, 0) is 4.79 Å². The number of aryl methyl sites for hydroxylation is 1. The van der Waals surface area contributed by atoms with E-state index >= 15 is 0 Å². The molecule has 1 rings (SSSR count). The minimum Gasteiger partial charge on any atom is -0.481 e. The molecule has 0 spiro atoms. The summed E-state index contributed by atoms with van der Waals surface area (Å²) < 4.78 is 0.726. The zero-order valence-electron chi connectivity index (χ0n) is 6.82. The van der Waals surface area contributed by atoms with Gasteiger partial charge in [-0.25, -0.2) is 9.97 Å². The largest absolute Gasteiger partial charge is 0.481 e. The summed E-state index contributed by atoms with van der Waals surface area (Å²) in [5.41, 5.74) is 0. The van der Waals surface area contributed by atoms with Gasteiger partial charge in [-0.2, -0.15) is 0 Å². The maximum atomic E-state index is 10.3. The third-order valence-corrected chi connectivity index (χ3v) is 2.98. The van der Waals surface area contributed by atoms with Crippen LogP contribution < -0.4 is 0 Å². The third-order valence-electron chi connectivity index (χ3n) is 1.16. The first-order chi connectivity index (χ1) is 6.09. The highest BCUT2D eigenvalue weighted by Crippen LogP contribution is 2.24. The van der Waals surface area contributed by atoms with E-state index in [-0.39, 0.29) is 5.75 Å². The highest BCUT2D eigenvalue weighted by molar-refractivity contribution is 9.10. The fourth-order valence-electron chi connectivity index (χ4n) is 0.666. The summed E-state index contributed by atoms with van der Waals surface area (Å²) in [7, 11) is 0. The van der Waals surface area contributed by atoms with Crippen LogP contribution >= 0.6 is 27.7 Å². The van der Waals surface area contributed by atoms with E-state index in [0.29, 0.717) is 10.9 Å². The Labute approximate surface area is 87.9 Å². The van der Waals surface area contributed by atoms with Crippen LogP contribution in [0.4, 0.5) is 0 Å². The highest BCUT2D eigenvalue weighted by Gasteiger charge is 2.05. The molecule has 0 aliphatic heterocycles. The van der Waals surface area contributed by atoms with Gasteiger partial charge in [0.05, 0.1) is 10.2 Å². The summed E-state index contributed by atoms with van der Waals surface area (Å²) in [5, 5.41) is 9.12. The van der Waals surface area contributed by atoms with E-state index in [9.17, 15) is 4.79 Å². The van der Waals surface area contributed by atoms with Crippen molar-refractivity contribution in [3.05, 3.63) is 16.5 Å². The zero-order valence-corrected chi connectivity index (χ0v) is 9.22. The lowest BCUT2D eigenvalue weighted by molar-refractivity contribution is -0.133. The molecule has 0 saturated carbocycles. The quantitative estimate of drug-likeness (QED) is 0.664. The average molecular weight is 263 g/mol. The molecule has 0 saturated heterocycles. The summed E-state index contributed by atoms with van der Waals surface area (Å²) in [6.45, 7) is 1.76. The average Bonchev–Trinajstić information content (AvgIpc) is 2.06. The van der Waals surface area contributed by atoms with Gasteiger partial charge in [0.25, 0.3) is 0 Å². The van der Waals surface area contributed by atoms with Gasteiger partial charge in [-0.15, -0.1) is 0 Å². The second-order valence-electron chi connectivity index (χ2n) is 2.25. The van der Waals surface area contributed by atoms with Crippen molar-refractivity contribution in [3.63, 3.8) is 0 Å². The smallest absolute Gasteiger partial charge is 0.313 e. The van der Waals surface area contributed by atoms with Gasteiger partial charge in [0, 0.05) is 6.20 Å². The number of rotatable bonds is 3. The first kappa shape index (κ1) is 10.5. The third kappa shape index (κ3) is 3.31. The molecule has 4 nitrogen and oxygen atoms in total. The van der Waals surface area contributed by atoms with Crippen LogP contribution in [0.2, 0.25) is 0 Å². The van der Waals surface area contributed by atoms with Crippen molar-refractivity contribution in [2.75, 3.05) is 5.75 Å². The molecule has 0 atom stereocenters. The van der Waals surface area contributed by atoms with Gasteiger partial charge in [-0.1, -0.05) is 11.8 Å². The molecule has 1 aromatic heterocycles.